The Balaban J connectivity index is 2.69. The molecule has 0 spiro atoms. The van der Waals surface area contributed by atoms with Gasteiger partial charge in [-0.05, 0) is 23.5 Å². The largest absolute Gasteiger partial charge is 0.244 e. The molecule has 0 aliphatic carbocycles. The van der Waals surface area contributed by atoms with E-state index in [-0.39, 0.29) is 5.41 Å². The van der Waals surface area contributed by atoms with Gasteiger partial charge in [0.05, 0.1) is 11.6 Å². The fourth-order valence-electron chi connectivity index (χ4n) is 2.37. The van der Waals surface area contributed by atoms with E-state index in [9.17, 15) is 5.26 Å². The summed E-state index contributed by atoms with van der Waals surface area (Å²) in [4.78, 5) is 4.13. The Morgan fingerprint density at radius 2 is 1.95 bits per heavy atom. The Morgan fingerprint density at radius 1 is 1.26 bits per heavy atom. The molecule has 2 nitrogen and oxygen atoms in total. The highest BCUT2D eigenvalue weighted by Crippen LogP contribution is 2.32. The molecule has 0 aliphatic heterocycles. The molecule has 0 radical (unpaired) electrons. The van der Waals surface area contributed by atoms with E-state index in [1.165, 1.54) is 32.1 Å². The smallest absolute Gasteiger partial charge is 0.130 e. The van der Waals surface area contributed by atoms with E-state index in [1.54, 1.807) is 12.3 Å². The van der Waals surface area contributed by atoms with Crippen molar-refractivity contribution in [1.29, 1.82) is 5.26 Å². The predicted molar refractivity (Wildman–Crippen MR) is 80.4 cm³/mol. The second-order valence-corrected chi connectivity index (χ2v) is 6.10. The predicted octanol–water partition coefficient (Wildman–Crippen LogP) is 5.24. The number of rotatable bonds is 7. The van der Waals surface area contributed by atoms with Crippen LogP contribution in [-0.4, -0.2) is 4.98 Å². The van der Waals surface area contributed by atoms with Crippen molar-refractivity contribution in [2.45, 2.75) is 64.7 Å². The third-order valence-corrected chi connectivity index (χ3v) is 3.83. The first kappa shape index (κ1) is 16.0. The van der Waals surface area contributed by atoms with E-state index < -0.39 is 0 Å². The van der Waals surface area contributed by atoms with Crippen LogP contribution in [0.5, 0.6) is 0 Å². The van der Waals surface area contributed by atoms with E-state index >= 15 is 0 Å². The molecular formula is C16H23ClN2. The van der Waals surface area contributed by atoms with Gasteiger partial charge in [-0.1, -0.05) is 64.5 Å². The summed E-state index contributed by atoms with van der Waals surface area (Å²) in [6.07, 6.45) is 9.17. The highest BCUT2D eigenvalue weighted by molar-refractivity contribution is 6.29. The van der Waals surface area contributed by atoms with Gasteiger partial charge in [0.2, 0.25) is 0 Å². The minimum atomic E-state index is -0.0190. The van der Waals surface area contributed by atoms with Gasteiger partial charge in [0.15, 0.2) is 0 Å². The first-order chi connectivity index (χ1) is 9.01. The van der Waals surface area contributed by atoms with Crippen LogP contribution in [0.2, 0.25) is 5.15 Å². The average molecular weight is 279 g/mol. The molecule has 3 heteroatoms. The first-order valence-corrected chi connectivity index (χ1v) is 7.45. The van der Waals surface area contributed by atoms with Gasteiger partial charge in [0.25, 0.3) is 0 Å². The van der Waals surface area contributed by atoms with E-state index in [1.807, 2.05) is 0 Å². The molecule has 0 saturated heterocycles. The van der Waals surface area contributed by atoms with Gasteiger partial charge in [-0.2, -0.15) is 5.26 Å². The number of hydrogen-bond donors (Lipinski definition) is 0. The van der Waals surface area contributed by atoms with Gasteiger partial charge in [0, 0.05) is 6.20 Å². The summed E-state index contributed by atoms with van der Waals surface area (Å²) in [5, 5.41) is 9.60. The molecular weight excluding hydrogens is 256 g/mol. The van der Waals surface area contributed by atoms with Crippen LogP contribution in [0.25, 0.3) is 0 Å². The van der Waals surface area contributed by atoms with Crippen molar-refractivity contribution in [3.63, 3.8) is 0 Å². The van der Waals surface area contributed by atoms with E-state index in [4.69, 9.17) is 11.6 Å². The van der Waals surface area contributed by atoms with Crippen molar-refractivity contribution in [3.8, 4) is 6.07 Å². The zero-order chi connectivity index (χ0) is 14.3. The maximum absolute atomic E-state index is 9.21. The highest BCUT2D eigenvalue weighted by atomic mass is 35.5. The minimum absolute atomic E-state index is 0.0190. The third kappa shape index (κ3) is 4.84. The van der Waals surface area contributed by atoms with Gasteiger partial charge in [-0.25, -0.2) is 4.98 Å². The fourth-order valence-corrected chi connectivity index (χ4v) is 2.52. The highest BCUT2D eigenvalue weighted by Gasteiger charge is 2.24. The second-order valence-electron chi connectivity index (χ2n) is 5.71. The molecule has 1 heterocycles. The van der Waals surface area contributed by atoms with Crippen LogP contribution in [0, 0.1) is 11.3 Å². The summed E-state index contributed by atoms with van der Waals surface area (Å²) in [7, 11) is 0. The maximum atomic E-state index is 9.21. The van der Waals surface area contributed by atoms with Crippen LogP contribution >= 0.6 is 11.6 Å². The lowest BCUT2D eigenvalue weighted by atomic mass is 9.79. The standard InChI is InChI=1S/C16H23ClN2/c1-4-5-6-7-8-9-16(2,3)14-12-19-15(17)10-13(14)11-18/h10,12H,4-9H2,1-3H3. The summed E-state index contributed by atoms with van der Waals surface area (Å²) in [5.41, 5.74) is 1.64. The Morgan fingerprint density at radius 3 is 2.58 bits per heavy atom. The minimum Gasteiger partial charge on any atom is -0.244 e. The van der Waals surface area contributed by atoms with Crippen molar-refractivity contribution in [2.75, 3.05) is 0 Å². The lowest BCUT2D eigenvalue weighted by Gasteiger charge is -2.26. The summed E-state index contributed by atoms with van der Waals surface area (Å²) >= 11 is 5.85. The number of pyridine rings is 1. The molecule has 0 unspecified atom stereocenters. The second kappa shape index (κ2) is 7.50. The van der Waals surface area contributed by atoms with Crippen molar-refractivity contribution in [1.82, 2.24) is 4.98 Å². The Kier molecular flexibility index (Phi) is 6.31. The molecule has 0 bridgehead atoms. The molecule has 1 aromatic heterocycles. The normalized spacial score (nSPS) is 11.3. The van der Waals surface area contributed by atoms with Crippen LogP contribution in [0.15, 0.2) is 12.3 Å². The molecule has 104 valence electrons. The lowest BCUT2D eigenvalue weighted by Crippen LogP contribution is -2.19. The molecule has 0 saturated carbocycles. The zero-order valence-corrected chi connectivity index (χ0v) is 12.9. The molecule has 0 atom stereocenters. The number of aromatic nitrogens is 1. The fraction of sp³-hybridized carbons (Fsp3) is 0.625. The molecule has 19 heavy (non-hydrogen) atoms. The molecule has 0 aromatic carbocycles. The average Bonchev–Trinajstić information content (AvgIpc) is 2.38. The monoisotopic (exact) mass is 278 g/mol. The van der Waals surface area contributed by atoms with Gasteiger partial charge < -0.3 is 0 Å². The van der Waals surface area contributed by atoms with Crippen LogP contribution in [0.1, 0.15) is 70.4 Å². The Bertz CT molecular complexity index is 447. The van der Waals surface area contributed by atoms with Gasteiger partial charge in [-0.15, -0.1) is 0 Å². The van der Waals surface area contributed by atoms with Crippen molar-refractivity contribution < 1.29 is 0 Å². The number of hydrogen-bond acceptors (Lipinski definition) is 2. The molecule has 1 rings (SSSR count). The number of nitrogens with zero attached hydrogens (tertiary/aromatic N) is 2. The Labute approximate surface area is 121 Å². The van der Waals surface area contributed by atoms with Gasteiger partial charge >= 0.3 is 0 Å². The lowest BCUT2D eigenvalue weighted by molar-refractivity contribution is 0.442. The van der Waals surface area contributed by atoms with Crippen molar-refractivity contribution in [3.05, 3.63) is 28.5 Å². The van der Waals surface area contributed by atoms with E-state index in [0.29, 0.717) is 10.7 Å². The first-order valence-electron chi connectivity index (χ1n) is 7.07. The van der Waals surface area contributed by atoms with Gasteiger partial charge in [-0.3, -0.25) is 0 Å². The maximum Gasteiger partial charge on any atom is 0.130 e. The van der Waals surface area contributed by atoms with Crippen LogP contribution in [0.4, 0.5) is 0 Å². The number of unbranched alkanes of at least 4 members (excludes halogenated alkanes) is 4. The molecule has 0 aliphatic rings. The topological polar surface area (TPSA) is 36.7 Å². The van der Waals surface area contributed by atoms with Crippen LogP contribution in [-0.2, 0) is 5.41 Å². The zero-order valence-electron chi connectivity index (χ0n) is 12.2. The summed E-state index contributed by atoms with van der Waals surface area (Å²) in [5.74, 6) is 0. The molecule has 0 N–H and O–H groups in total. The summed E-state index contributed by atoms with van der Waals surface area (Å²) < 4.78 is 0. The van der Waals surface area contributed by atoms with Crippen molar-refractivity contribution >= 4 is 11.6 Å². The summed E-state index contributed by atoms with van der Waals surface area (Å²) in [6.45, 7) is 6.58. The van der Waals surface area contributed by atoms with Crippen LogP contribution < -0.4 is 0 Å². The molecule has 0 amide bonds. The SMILES string of the molecule is CCCCCCCC(C)(C)c1cnc(Cl)cc1C#N. The van der Waals surface area contributed by atoms with E-state index in [0.717, 1.165) is 12.0 Å². The quantitative estimate of drug-likeness (QED) is 0.505. The summed E-state index contributed by atoms with van der Waals surface area (Å²) in [6, 6.07) is 3.89. The van der Waals surface area contributed by atoms with Gasteiger partial charge in [0.1, 0.15) is 5.15 Å². The molecule has 1 aromatic rings. The third-order valence-electron chi connectivity index (χ3n) is 3.63. The number of halogens is 1. The Hall–Kier alpha value is -1.07. The number of nitriles is 1. The van der Waals surface area contributed by atoms with Crippen molar-refractivity contribution in [2.24, 2.45) is 0 Å². The van der Waals surface area contributed by atoms with Crippen LogP contribution in [0.3, 0.4) is 0 Å². The molecule has 0 fully saturated rings. The van der Waals surface area contributed by atoms with E-state index in [2.05, 4.69) is 31.8 Å².